The van der Waals surface area contributed by atoms with Crippen molar-refractivity contribution in [1.82, 2.24) is 49.0 Å². The Kier molecular flexibility index (Phi) is 46.3. The van der Waals surface area contributed by atoms with Crippen LogP contribution in [0.25, 0.3) is 0 Å². The van der Waals surface area contributed by atoms with Crippen LogP contribution in [0, 0.1) is 67.0 Å². The maximum absolute atomic E-state index is 12.2. The van der Waals surface area contributed by atoms with Gasteiger partial charge in [-0.15, -0.1) is 0 Å². The first kappa shape index (κ1) is 114. The fourth-order valence-corrected chi connectivity index (χ4v) is 19.1. The smallest absolute Gasteiger partial charge is 0.228 e. The molecule has 0 N–H and O–H groups in total. The van der Waals surface area contributed by atoms with Gasteiger partial charge in [0, 0.05) is 211 Å². The number of unbranched alkanes of at least 4 members (excludes halogenated alkanes) is 1. The highest BCUT2D eigenvalue weighted by molar-refractivity contribution is 5.85. The van der Waals surface area contributed by atoms with Gasteiger partial charge >= 0.3 is 0 Å². The van der Waals surface area contributed by atoms with E-state index < -0.39 is 0 Å². The van der Waals surface area contributed by atoms with Crippen LogP contribution in [0.5, 0.6) is 0 Å². The third-order valence-electron chi connectivity index (χ3n) is 27.5. The Morgan fingerprint density at radius 2 is 0.538 bits per heavy atom. The summed E-state index contributed by atoms with van der Waals surface area (Å²) in [7, 11) is 0. The molecule has 9 amide bonds. The topological polar surface area (TPSA) is 193 Å². The van der Waals surface area contributed by atoms with Crippen LogP contribution in [0.1, 0.15) is 342 Å². The van der Waals surface area contributed by atoms with Crippen molar-refractivity contribution in [2.75, 3.05) is 160 Å². The van der Waals surface area contributed by atoms with Crippen LogP contribution in [0.2, 0.25) is 0 Å². The quantitative estimate of drug-likeness (QED) is 0.219. The fraction of sp³-hybridized carbons (Fsp3) is 0.807. The first-order chi connectivity index (χ1) is 60.6. The number of anilines is 2. The van der Waals surface area contributed by atoms with Crippen molar-refractivity contribution in [1.29, 1.82) is 0 Å². The molecule has 12 rings (SSSR count). The number of piperazine rings is 2. The van der Waals surface area contributed by atoms with E-state index in [4.69, 9.17) is 0 Å². The highest BCUT2D eigenvalue weighted by Crippen LogP contribution is 2.34. The van der Waals surface area contributed by atoms with Crippen LogP contribution in [0.15, 0.2) is 60.7 Å². The number of carbonyl (C=O) groups excluding carboxylic acids is 9. The predicted molar refractivity (Wildman–Crippen MR) is 539 cm³/mol. The van der Waals surface area contributed by atoms with Crippen molar-refractivity contribution in [3.05, 3.63) is 60.7 Å². The van der Waals surface area contributed by atoms with E-state index in [1.807, 2.05) is 213 Å². The molecule has 10 aliphatic heterocycles. The summed E-state index contributed by atoms with van der Waals surface area (Å²) >= 11 is 0. The standard InChI is InChI=1S/C15H28N2O.2C15H22N2O.C14H24N2O2.C14H27NO.C13H25NO.C12H23NO.C11H21NO/c1-15(2,3)14(18)17-11-7-13(8-12-17)16-9-5-4-6-10-16;2*1-15(2,3)14(18)17-11-9-16(10-12-17)13-7-5-4-6-8-13;1-14(2,3)13(18)15-9-6-11(7-10-15)16-8-4-5-12(16)17;1-5-6-7-12-8-10-15(11-9-12)13(16)14(2,3)4;1-5-6-11-7-9-14(10-8-11)12(15)13(2,3)4;1-5-10-6-8-13(9-7-10)11(14)12(2,3)4;1-9-5-7-12(8-6-9)10(13)11(2,3)4/h13H,4-12H2,1-3H3;2*4-8H,9-12H2,1-3H3;11H,4-10H2,1-3H3;12H,5-11H2,1-4H3;11H,5-10H2,1-4H3;10H,5-9H2,1-4H3;9H,5-8H2,1-4H3. The minimum Gasteiger partial charge on any atom is -0.368 e. The van der Waals surface area contributed by atoms with E-state index in [9.17, 15) is 43.2 Å². The molecule has 10 heterocycles. The average Bonchev–Trinajstić information content (AvgIpc) is 1.54. The van der Waals surface area contributed by atoms with E-state index in [0.717, 1.165) is 186 Å². The molecule has 0 spiro atoms. The second-order valence-electron chi connectivity index (χ2n) is 47.6. The lowest BCUT2D eigenvalue weighted by molar-refractivity contribution is -0.142. The van der Waals surface area contributed by atoms with Crippen LogP contribution in [-0.4, -0.2) is 265 Å². The van der Waals surface area contributed by atoms with Gasteiger partial charge in [-0.25, -0.2) is 0 Å². The molecule has 0 unspecified atom stereocenters. The summed E-state index contributed by atoms with van der Waals surface area (Å²) in [5.41, 5.74) is 0.603. The number of hydrogen-bond donors (Lipinski definition) is 0. The zero-order valence-corrected chi connectivity index (χ0v) is 88.3. The maximum atomic E-state index is 12.2. The van der Waals surface area contributed by atoms with E-state index in [1.165, 1.54) is 146 Å². The monoisotopic (exact) mass is 1810 g/mol. The van der Waals surface area contributed by atoms with Gasteiger partial charge in [-0.05, 0) is 157 Å². The molecule has 0 saturated carbocycles. The molecular weight excluding hydrogens is 1620 g/mol. The number of piperidine rings is 7. The minimum absolute atomic E-state index is 0.208. The SMILES string of the molecule is CC(C)(C)C(=O)N1CCC(N2CCCC2=O)CC1.CC(C)(C)C(=O)N1CCC(N2CCCCC2)CC1.CC(C)(C)C(=O)N1CCN(c2ccccc2)CC1.CC(C)(C)C(=O)N1CCN(c2ccccc2)CC1.CC1CCN(C(=O)C(C)(C)C)CC1.CCC1CCN(C(=O)C(C)(C)C)CC1.CCCC1CCN(C(=O)C(C)(C)C)CC1.CCCCC1CCN(C(=O)C(C)(C)C)CC1. The van der Waals surface area contributed by atoms with E-state index >= 15 is 0 Å². The molecule has 10 fully saturated rings. The van der Waals surface area contributed by atoms with Crippen LogP contribution < -0.4 is 9.80 Å². The molecule has 742 valence electrons. The van der Waals surface area contributed by atoms with Gasteiger partial charge in [-0.1, -0.05) is 275 Å². The summed E-state index contributed by atoms with van der Waals surface area (Å²) in [5, 5.41) is 0. The summed E-state index contributed by atoms with van der Waals surface area (Å²) in [5.74, 6) is 5.99. The van der Waals surface area contributed by atoms with E-state index in [0.29, 0.717) is 47.9 Å². The zero-order chi connectivity index (χ0) is 97.3. The summed E-state index contributed by atoms with van der Waals surface area (Å²) in [6.45, 7) is 78.6. The Balaban J connectivity index is 0.000000264. The molecule has 10 aliphatic rings. The normalized spacial score (nSPS) is 19.9. The predicted octanol–water partition coefficient (Wildman–Crippen LogP) is 20.4. The number of likely N-dealkylation sites (tertiary alicyclic amines) is 8. The maximum Gasteiger partial charge on any atom is 0.228 e. The highest BCUT2D eigenvalue weighted by atomic mass is 16.2. The van der Waals surface area contributed by atoms with Crippen LogP contribution in [-0.2, 0) is 43.2 Å². The van der Waals surface area contributed by atoms with Crippen molar-refractivity contribution in [3.63, 3.8) is 0 Å². The lowest BCUT2D eigenvalue weighted by Gasteiger charge is -2.41. The fourth-order valence-electron chi connectivity index (χ4n) is 19.1. The molecule has 2 aromatic rings. The molecule has 0 aromatic heterocycles. The first-order valence-corrected chi connectivity index (χ1v) is 51.6. The van der Waals surface area contributed by atoms with Gasteiger partial charge in [0.25, 0.3) is 0 Å². The van der Waals surface area contributed by atoms with E-state index in [1.54, 1.807) is 0 Å². The Bertz CT molecular complexity index is 3570. The highest BCUT2D eigenvalue weighted by Gasteiger charge is 2.40. The Hall–Kier alpha value is -6.77. The molecule has 10 saturated heterocycles. The van der Waals surface area contributed by atoms with Gasteiger partial charge in [0.1, 0.15) is 0 Å². The van der Waals surface area contributed by atoms with Crippen molar-refractivity contribution < 1.29 is 43.2 Å². The van der Waals surface area contributed by atoms with Gasteiger partial charge in [0.05, 0.1) is 0 Å². The lowest BCUT2D eigenvalue weighted by Crippen LogP contribution is -2.51. The number of benzene rings is 2. The third-order valence-corrected chi connectivity index (χ3v) is 27.5. The summed E-state index contributed by atoms with van der Waals surface area (Å²) in [4.78, 5) is 134. The largest absolute Gasteiger partial charge is 0.368 e. The molecular formula is C109H192N12O9. The third kappa shape index (κ3) is 38.9. The molecule has 0 atom stereocenters. The van der Waals surface area contributed by atoms with Gasteiger partial charge in [0.2, 0.25) is 53.2 Å². The molecule has 21 heteroatoms. The Morgan fingerprint density at radius 3 is 0.800 bits per heavy atom. The molecule has 2 aromatic carbocycles. The number of amides is 9. The molecule has 21 nitrogen and oxygen atoms in total. The molecule has 130 heavy (non-hydrogen) atoms. The van der Waals surface area contributed by atoms with Gasteiger partial charge in [-0.2, -0.15) is 0 Å². The van der Waals surface area contributed by atoms with E-state index in [2.05, 4.69) is 101 Å². The summed E-state index contributed by atoms with van der Waals surface area (Å²) in [6.07, 6.45) is 27.5. The van der Waals surface area contributed by atoms with Crippen molar-refractivity contribution in [3.8, 4) is 0 Å². The van der Waals surface area contributed by atoms with Crippen LogP contribution >= 0.6 is 0 Å². The molecule has 0 radical (unpaired) electrons. The minimum atomic E-state index is -0.295. The Morgan fingerprint density at radius 1 is 0.277 bits per heavy atom. The number of nitrogens with zero attached hydrogens (tertiary/aromatic N) is 12. The molecule has 0 aliphatic carbocycles. The van der Waals surface area contributed by atoms with Crippen LogP contribution in [0.3, 0.4) is 0 Å². The van der Waals surface area contributed by atoms with E-state index in [-0.39, 0.29) is 61.0 Å². The second kappa shape index (κ2) is 52.9. The second-order valence-corrected chi connectivity index (χ2v) is 47.6. The van der Waals surface area contributed by atoms with Crippen LogP contribution in [0.4, 0.5) is 11.4 Å². The summed E-state index contributed by atoms with van der Waals surface area (Å²) < 4.78 is 0. The zero-order valence-electron chi connectivity index (χ0n) is 88.3. The van der Waals surface area contributed by atoms with Gasteiger partial charge in [0.15, 0.2) is 0 Å². The average molecular weight is 1810 g/mol. The number of rotatable bonds is 10. The first-order valence-electron chi connectivity index (χ1n) is 51.6. The van der Waals surface area contributed by atoms with Crippen molar-refractivity contribution >= 4 is 64.5 Å². The number of para-hydroxylation sites is 2. The summed E-state index contributed by atoms with van der Waals surface area (Å²) in [6, 6.07) is 21.9. The van der Waals surface area contributed by atoms with Gasteiger partial charge in [-0.3, -0.25) is 43.2 Å². The molecule has 0 bridgehead atoms. The van der Waals surface area contributed by atoms with Crippen molar-refractivity contribution in [2.24, 2.45) is 67.0 Å². The van der Waals surface area contributed by atoms with Crippen molar-refractivity contribution in [2.45, 2.75) is 354 Å². The lowest BCUT2D eigenvalue weighted by atomic mass is 9.89. The number of carbonyl (C=O) groups is 9. The van der Waals surface area contributed by atoms with Gasteiger partial charge < -0.3 is 58.8 Å². The number of hydrogen-bond acceptors (Lipinski definition) is 12. The Labute approximate surface area is 793 Å².